The van der Waals surface area contributed by atoms with Gasteiger partial charge < -0.3 is 9.30 Å². The molecule has 0 atom stereocenters. The van der Waals surface area contributed by atoms with E-state index in [-0.39, 0.29) is 5.97 Å². The summed E-state index contributed by atoms with van der Waals surface area (Å²) in [5, 5.41) is 0. The van der Waals surface area contributed by atoms with E-state index >= 15 is 0 Å². The van der Waals surface area contributed by atoms with Gasteiger partial charge in [0.2, 0.25) is 0 Å². The lowest BCUT2D eigenvalue weighted by atomic mass is 10.3. The Morgan fingerprint density at radius 2 is 2.46 bits per heavy atom. The topological polar surface area (TPSA) is 44.1 Å². The van der Waals surface area contributed by atoms with Crippen LogP contribution in [-0.4, -0.2) is 22.6 Å². The Balaban J connectivity index is 2.58. The van der Waals surface area contributed by atoms with Crippen molar-refractivity contribution in [1.29, 1.82) is 0 Å². The Morgan fingerprint density at radius 3 is 3.08 bits per heavy atom. The van der Waals surface area contributed by atoms with Gasteiger partial charge in [0.25, 0.3) is 0 Å². The number of rotatable bonds is 4. The highest BCUT2D eigenvalue weighted by atomic mass is 16.5. The zero-order valence-corrected chi connectivity index (χ0v) is 7.99. The van der Waals surface area contributed by atoms with Crippen LogP contribution in [0, 0.1) is 0 Å². The molecule has 0 aromatic carbocycles. The van der Waals surface area contributed by atoms with Gasteiger partial charge in [-0.05, 0) is 6.42 Å². The monoisotopic (exact) mass is 182 g/mol. The Bertz CT molecular complexity index is 281. The molecule has 4 nitrogen and oxygen atoms in total. The molecule has 0 saturated heterocycles. The number of unbranched alkanes of at least 4 members (excludes halogenated alkanes) is 1. The first-order valence-electron chi connectivity index (χ1n) is 4.38. The fourth-order valence-corrected chi connectivity index (χ4v) is 1.03. The molecule has 1 rings (SSSR count). The van der Waals surface area contributed by atoms with Gasteiger partial charge in [-0.25, -0.2) is 9.78 Å². The normalized spacial score (nSPS) is 10.0. The molecule has 0 N–H and O–H groups in total. The number of ether oxygens (including phenoxy) is 1. The highest BCUT2D eigenvalue weighted by Crippen LogP contribution is 2.00. The molecule has 4 heteroatoms. The molecule has 0 amide bonds. The van der Waals surface area contributed by atoms with Crippen molar-refractivity contribution in [2.24, 2.45) is 0 Å². The van der Waals surface area contributed by atoms with Crippen molar-refractivity contribution in [3.63, 3.8) is 0 Å². The van der Waals surface area contributed by atoms with Gasteiger partial charge in [0.05, 0.1) is 13.4 Å². The number of hydrogen-bond donors (Lipinski definition) is 0. The summed E-state index contributed by atoms with van der Waals surface area (Å²) in [5.74, 6) is -0.379. The summed E-state index contributed by atoms with van der Waals surface area (Å²) in [7, 11) is 1.35. The van der Waals surface area contributed by atoms with Crippen LogP contribution in [0.2, 0.25) is 0 Å². The second kappa shape index (κ2) is 4.64. The summed E-state index contributed by atoms with van der Waals surface area (Å²) in [6.07, 6.45) is 5.59. The molecular formula is C9H14N2O2. The van der Waals surface area contributed by atoms with Crippen LogP contribution in [0.4, 0.5) is 0 Å². The third kappa shape index (κ3) is 2.57. The van der Waals surface area contributed by atoms with Crippen LogP contribution in [0.1, 0.15) is 30.3 Å². The van der Waals surface area contributed by atoms with Crippen LogP contribution < -0.4 is 0 Å². The number of hydrogen-bond acceptors (Lipinski definition) is 3. The molecule has 0 bridgehead atoms. The SMILES string of the molecule is CCCCn1cnc(C(=O)OC)c1. The third-order valence-corrected chi connectivity index (χ3v) is 1.80. The molecule has 0 radical (unpaired) electrons. The first-order valence-corrected chi connectivity index (χ1v) is 4.38. The number of carbonyl (C=O) groups excluding carboxylic acids is 1. The molecule has 0 aliphatic carbocycles. The summed E-state index contributed by atoms with van der Waals surface area (Å²) in [6, 6.07) is 0. The smallest absolute Gasteiger partial charge is 0.358 e. The van der Waals surface area contributed by atoms with Crippen LogP contribution in [0.5, 0.6) is 0 Å². The Morgan fingerprint density at radius 1 is 1.69 bits per heavy atom. The van der Waals surface area contributed by atoms with Gasteiger partial charge in [0, 0.05) is 12.7 Å². The third-order valence-electron chi connectivity index (χ3n) is 1.80. The second-order valence-electron chi connectivity index (χ2n) is 2.84. The quantitative estimate of drug-likeness (QED) is 0.662. The molecule has 1 heterocycles. The molecule has 0 unspecified atom stereocenters. The van der Waals surface area contributed by atoms with Gasteiger partial charge in [0.15, 0.2) is 5.69 Å². The summed E-state index contributed by atoms with van der Waals surface area (Å²) in [6.45, 7) is 3.03. The lowest BCUT2D eigenvalue weighted by Crippen LogP contribution is -2.01. The zero-order valence-electron chi connectivity index (χ0n) is 7.99. The zero-order chi connectivity index (χ0) is 9.68. The number of methoxy groups -OCH3 is 1. The number of imidazole rings is 1. The largest absolute Gasteiger partial charge is 0.464 e. The summed E-state index contributed by atoms with van der Waals surface area (Å²) in [5.41, 5.74) is 0.374. The molecule has 1 aromatic heterocycles. The van der Waals surface area contributed by atoms with Crippen molar-refractivity contribution in [3.05, 3.63) is 18.2 Å². The fourth-order valence-electron chi connectivity index (χ4n) is 1.03. The molecule has 0 spiro atoms. The standard InChI is InChI=1S/C9H14N2O2/c1-3-4-5-11-6-8(10-7-11)9(12)13-2/h6-7H,3-5H2,1-2H3. The maximum absolute atomic E-state index is 11.0. The number of nitrogens with zero attached hydrogens (tertiary/aromatic N) is 2. The highest BCUT2D eigenvalue weighted by molar-refractivity contribution is 5.86. The summed E-state index contributed by atoms with van der Waals surface area (Å²) >= 11 is 0. The molecular weight excluding hydrogens is 168 g/mol. The van der Waals surface area contributed by atoms with Gasteiger partial charge in [-0.15, -0.1) is 0 Å². The predicted molar refractivity (Wildman–Crippen MR) is 48.5 cm³/mol. The molecule has 13 heavy (non-hydrogen) atoms. The average molecular weight is 182 g/mol. The van der Waals surface area contributed by atoms with Crippen molar-refractivity contribution in [2.75, 3.05) is 7.11 Å². The Kier molecular flexibility index (Phi) is 3.49. The van der Waals surface area contributed by atoms with Crippen LogP contribution in [-0.2, 0) is 11.3 Å². The highest BCUT2D eigenvalue weighted by Gasteiger charge is 2.07. The lowest BCUT2D eigenvalue weighted by molar-refractivity contribution is 0.0594. The van der Waals surface area contributed by atoms with Crippen LogP contribution in [0.15, 0.2) is 12.5 Å². The van der Waals surface area contributed by atoms with E-state index in [1.165, 1.54) is 7.11 Å². The first kappa shape index (κ1) is 9.77. The Labute approximate surface area is 77.5 Å². The Hall–Kier alpha value is -1.32. The minimum absolute atomic E-state index is 0.374. The van der Waals surface area contributed by atoms with Crippen LogP contribution in [0.3, 0.4) is 0 Å². The van der Waals surface area contributed by atoms with E-state index in [0.717, 1.165) is 19.4 Å². The van der Waals surface area contributed by atoms with Gasteiger partial charge in [-0.3, -0.25) is 0 Å². The van der Waals surface area contributed by atoms with Gasteiger partial charge in [-0.1, -0.05) is 13.3 Å². The maximum Gasteiger partial charge on any atom is 0.358 e. The minimum Gasteiger partial charge on any atom is -0.464 e. The van der Waals surface area contributed by atoms with E-state index in [0.29, 0.717) is 5.69 Å². The van der Waals surface area contributed by atoms with Crippen molar-refractivity contribution in [1.82, 2.24) is 9.55 Å². The summed E-state index contributed by atoms with van der Waals surface area (Å²) < 4.78 is 6.44. The molecule has 0 fully saturated rings. The van der Waals surface area contributed by atoms with Gasteiger partial charge >= 0.3 is 5.97 Å². The fraction of sp³-hybridized carbons (Fsp3) is 0.556. The van der Waals surface area contributed by atoms with Crippen molar-refractivity contribution in [2.45, 2.75) is 26.3 Å². The van der Waals surface area contributed by atoms with Crippen molar-refractivity contribution in [3.8, 4) is 0 Å². The van der Waals surface area contributed by atoms with E-state index in [2.05, 4.69) is 16.6 Å². The molecule has 1 aromatic rings. The minimum atomic E-state index is -0.379. The molecule has 0 aliphatic rings. The number of aromatic nitrogens is 2. The van der Waals surface area contributed by atoms with E-state index in [1.807, 2.05) is 4.57 Å². The summed E-state index contributed by atoms with van der Waals surface area (Å²) in [4.78, 5) is 14.9. The van der Waals surface area contributed by atoms with Crippen LogP contribution >= 0.6 is 0 Å². The number of carbonyl (C=O) groups is 1. The maximum atomic E-state index is 11.0. The lowest BCUT2D eigenvalue weighted by Gasteiger charge is -1.97. The van der Waals surface area contributed by atoms with Gasteiger partial charge in [0.1, 0.15) is 0 Å². The molecule has 72 valence electrons. The predicted octanol–water partition coefficient (Wildman–Crippen LogP) is 1.47. The van der Waals surface area contributed by atoms with Crippen molar-refractivity contribution >= 4 is 5.97 Å². The average Bonchev–Trinajstić information content (AvgIpc) is 2.62. The van der Waals surface area contributed by atoms with Gasteiger partial charge in [-0.2, -0.15) is 0 Å². The molecule has 0 aliphatic heterocycles. The number of aryl methyl sites for hydroxylation is 1. The van der Waals surface area contributed by atoms with Crippen molar-refractivity contribution < 1.29 is 9.53 Å². The van der Waals surface area contributed by atoms with E-state index in [4.69, 9.17) is 0 Å². The molecule has 0 saturated carbocycles. The first-order chi connectivity index (χ1) is 6.27. The van der Waals surface area contributed by atoms with E-state index in [9.17, 15) is 4.79 Å². The van der Waals surface area contributed by atoms with E-state index in [1.54, 1.807) is 12.5 Å². The van der Waals surface area contributed by atoms with Crippen LogP contribution in [0.25, 0.3) is 0 Å². The van der Waals surface area contributed by atoms with E-state index < -0.39 is 0 Å². The number of esters is 1. The second-order valence-corrected chi connectivity index (χ2v) is 2.84.